The second-order valence-electron chi connectivity index (χ2n) is 16.6. The van der Waals surface area contributed by atoms with E-state index in [2.05, 4.69) is 16.0 Å². The van der Waals surface area contributed by atoms with E-state index in [0.29, 0.717) is 45.3 Å². The highest BCUT2D eigenvalue weighted by molar-refractivity contribution is 6.08. The highest BCUT2D eigenvalue weighted by Crippen LogP contribution is 2.40. The van der Waals surface area contributed by atoms with E-state index in [-0.39, 0.29) is 26.2 Å². The number of hydrogen-bond acceptors (Lipinski definition) is 11. The zero-order chi connectivity index (χ0) is 45.1. The fourth-order valence-electron chi connectivity index (χ4n) is 6.48. The van der Waals surface area contributed by atoms with Crippen molar-refractivity contribution >= 4 is 46.8 Å². The van der Waals surface area contributed by atoms with E-state index < -0.39 is 65.1 Å². The molecule has 0 bridgehead atoms. The number of carbonyl (C=O) groups is 6. The van der Waals surface area contributed by atoms with E-state index in [4.69, 9.17) is 23.7 Å². The number of aromatic nitrogens is 1. The number of benzene rings is 3. The molecule has 3 N–H and O–H groups in total. The predicted molar refractivity (Wildman–Crippen MR) is 229 cm³/mol. The van der Waals surface area contributed by atoms with Gasteiger partial charge in [0.15, 0.2) is 11.8 Å². The van der Waals surface area contributed by atoms with Gasteiger partial charge in [-0.05, 0) is 83.6 Å². The zero-order valence-corrected chi connectivity index (χ0v) is 36.6. The molecule has 328 valence electrons. The maximum atomic E-state index is 14.1. The van der Waals surface area contributed by atoms with Crippen LogP contribution >= 0.6 is 0 Å². The Morgan fingerprint density at radius 1 is 0.738 bits per heavy atom. The van der Waals surface area contributed by atoms with Gasteiger partial charge < -0.3 is 39.6 Å². The zero-order valence-electron chi connectivity index (χ0n) is 36.6. The summed E-state index contributed by atoms with van der Waals surface area (Å²) in [5, 5.41) is 8.50. The Morgan fingerprint density at radius 3 is 2.02 bits per heavy atom. The average molecular weight is 843 g/mol. The van der Waals surface area contributed by atoms with Crippen molar-refractivity contribution in [1.29, 1.82) is 0 Å². The number of nitrogens with one attached hydrogen (secondary N) is 3. The van der Waals surface area contributed by atoms with Gasteiger partial charge in [0.25, 0.3) is 0 Å². The van der Waals surface area contributed by atoms with Crippen LogP contribution in [0.2, 0.25) is 0 Å². The van der Waals surface area contributed by atoms with Crippen LogP contribution in [0.1, 0.15) is 79.0 Å². The lowest BCUT2D eigenvalue weighted by Crippen LogP contribution is -2.56. The number of carbonyl (C=O) groups excluding carboxylic acids is 6. The highest BCUT2D eigenvalue weighted by Gasteiger charge is 2.35. The number of para-hydroxylation sites is 1. The van der Waals surface area contributed by atoms with Gasteiger partial charge in [0.2, 0.25) is 5.91 Å². The first-order valence-corrected chi connectivity index (χ1v) is 20.2. The van der Waals surface area contributed by atoms with E-state index >= 15 is 0 Å². The first-order valence-electron chi connectivity index (χ1n) is 20.2. The Kier molecular flexibility index (Phi) is 16.1. The number of ether oxygens (including phenoxy) is 5. The molecule has 1 heterocycles. The summed E-state index contributed by atoms with van der Waals surface area (Å²) in [7, 11) is 1.45. The number of fused-ring (bicyclic) bond motifs is 1. The van der Waals surface area contributed by atoms with Gasteiger partial charge >= 0.3 is 24.2 Å². The topological polar surface area (TPSA) is 190 Å². The third kappa shape index (κ3) is 13.3. The number of alkyl carbamates (subject to hydrolysis) is 2. The first-order chi connectivity index (χ1) is 28.7. The van der Waals surface area contributed by atoms with Crippen LogP contribution in [0.3, 0.4) is 0 Å². The summed E-state index contributed by atoms with van der Waals surface area (Å²) in [6.07, 6.45) is -0.413. The molecule has 0 aliphatic heterocycles. The molecule has 0 saturated heterocycles. The summed E-state index contributed by atoms with van der Waals surface area (Å²) in [4.78, 5) is 79.8. The van der Waals surface area contributed by atoms with E-state index in [1.165, 1.54) is 11.7 Å². The molecule has 1 unspecified atom stereocenters. The third-order valence-electron chi connectivity index (χ3n) is 9.08. The van der Waals surface area contributed by atoms with Crippen LogP contribution in [0.25, 0.3) is 22.0 Å². The van der Waals surface area contributed by atoms with Crippen LogP contribution < -0.4 is 20.7 Å². The number of amides is 3. The summed E-state index contributed by atoms with van der Waals surface area (Å²) in [5.74, 6) is -2.59. The Morgan fingerprint density at radius 2 is 1.39 bits per heavy atom. The van der Waals surface area contributed by atoms with Crippen LogP contribution in [-0.4, -0.2) is 84.1 Å². The van der Waals surface area contributed by atoms with E-state index in [1.807, 2.05) is 12.1 Å². The molecule has 0 aliphatic carbocycles. The van der Waals surface area contributed by atoms with Gasteiger partial charge in [-0.25, -0.2) is 19.2 Å². The van der Waals surface area contributed by atoms with Gasteiger partial charge in [-0.3, -0.25) is 14.2 Å². The molecular formula is C46H58N4O11. The van der Waals surface area contributed by atoms with E-state index in [0.717, 1.165) is 5.56 Å². The number of hydrogen-bond donors (Lipinski definition) is 3. The molecule has 4 aromatic rings. The molecular weight excluding hydrogens is 785 g/mol. The molecule has 3 aromatic carbocycles. The van der Waals surface area contributed by atoms with Crippen molar-refractivity contribution in [2.45, 2.75) is 105 Å². The largest absolute Gasteiger partial charge is 0.496 e. The minimum atomic E-state index is -1.72. The predicted octanol–water partition coefficient (Wildman–Crippen LogP) is 7.28. The molecule has 0 radical (unpaired) electrons. The van der Waals surface area contributed by atoms with Crippen molar-refractivity contribution in [2.75, 3.05) is 20.3 Å². The number of Topliss-reactive ketones (excluding diaryl/α,β-unsaturated/α-hetero) is 1. The average Bonchev–Trinajstić information content (AvgIpc) is 3.56. The minimum absolute atomic E-state index is 0.0272. The van der Waals surface area contributed by atoms with Gasteiger partial charge in [0, 0.05) is 35.7 Å². The van der Waals surface area contributed by atoms with Gasteiger partial charge in [0.05, 0.1) is 19.2 Å². The molecule has 0 aliphatic rings. The second kappa shape index (κ2) is 20.7. The van der Waals surface area contributed by atoms with Gasteiger partial charge in [-0.15, -0.1) is 0 Å². The number of esters is 1. The third-order valence-corrected chi connectivity index (χ3v) is 9.08. The number of methoxy groups -OCH3 is 1. The molecule has 3 amide bonds. The fraction of sp³-hybridized carbons (Fsp3) is 0.435. The van der Waals surface area contributed by atoms with Crippen LogP contribution in [-0.2, 0) is 52.8 Å². The van der Waals surface area contributed by atoms with Gasteiger partial charge in [0.1, 0.15) is 29.6 Å². The normalized spacial score (nSPS) is 12.5. The summed E-state index contributed by atoms with van der Waals surface area (Å²) in [5.41, 5.74) is 2.13. The van der Waals surface area contributed by atoms with E-state index in [1.54, 1.807) is 123 Å². The molecule has 4 rings (SSSR count). The number of ketones is 1. The Labute approximate surface area is 356 Å². The molecule has 1 aromatic heterocycles. The van der Waals surface area contributed by atoms with Crippen molar-refractivity contribution in [2.24, 2.45) is 5.92 Å². The molecule has 15 nitrogen and oxygen atoms in total. The second-order valence-corrected chi connectivity index (χ2v) is 16.6. The standard InChI is InChI=1S/C46H58N4O11/c1-11-58-41(53)38(48-40(52)37(28(2)3)49-43(55)59-27-29-17-13-12-14-18-29)35(51)25-30-19-15-21-33(39(30)57-10)32-20-16-22-34-36(32)31(23-24-47-42(54)60-45(4,5)6)26-50(34)44(56)61-46(7,8)9/h12-22,26,28,37-38H,11,23-25,27H2,1-10H3,(H,47,54)(H,48,52)(H,49,55)/t37-,38?/m0/s1. The van der Waals surface area contributed by atoms with Crippen molar-refractivity contribution in [3.63, 3.8) is 0 Å². The quantitative estimate of drug-likeness (QED) is 0.0584. The lowest BCUT2D eigenvalue weighted by molar-refractivity contribution is -0.150. The summed E-state index contributed by atoms with van der Waals surface area (Å²) < 4.78 is 29.0. The van der Waals surface area contributed by atoms with Crippen LogP contribution in [0.15, 0.2) is 72.9 Å². The lowest BCUT2D eigenvalue weighted by Gasteiger charge is -2.24. The monoisotopic (exact) mass is 842 g/mol. The molecule has 0 spiro atoms. The number of rotatable bonds is 16. The van der Waals surface area contributed by atoms with Gasteiger partial charge in [-0.1, -0.05) is 74.5 Å². The maximum absolute atomic E-state index is 14.1. The highest BCUT2D eigenvalue weighted by atomic mass is 16.6. The molecule has 61 heavy (non-hydrogen) atoms. The van der Waals surface area contributed by atoms with Crippen LogP contribution in [0.4, 0.5) is 14.4 Å². The van der Waals surface area contributed by atoms with Crippen LogP contribution in [0.5, 0.6) is 5.75 Å². The molecule has 0 saturated carbocycles. The summed E-state index contributed by atoms with van der Waals surface area (Å²) in [6.45, 7) is 15.7. The fourth-order valence-corrected chi connectivity index (χ4v) is 6.48. The summed E-state index contributed by atoms with van der Waals surface area (Å²) >= 11 is 0. The van der Waals surface area contributed by atoms with Crippen molar-refractivity contribution in [3.8, 4) is 16.9 Å². The Bertz CT molecular complexity index is 2200. The lowest BCUT2D eigenvalue weighted by atomic mass is 9.93. The van der Waals surface area contributed by atoms with Crippen LogP contribution in [0, 0.1) is 5.92 Å². The Balaban J connectivity index is 1.67. The minimum Gasteiger partial charge on any atom is -0.496 e. The van der Waals surface area contributed by atoms with Gasteiger partial charge in [-0.2, -0.15) is 0 Å². The van der Waals surface area contributed by atoms with Crippen molar-refractivity contribution in [3.05, 3.63) is 89.6 Å². The first kappa shape index (κ1) is 47.3. The molecule has 2 atom stereocenters. The molecule has 15 heteroatoms. The smallest absolute Gasteiger partial charge is 0.419 e. The van der Waals surface area contributed by atoms with Crippen molar-refractivity contribution in [1.82, 2.24) is 20.5 Å². The van der Waals surface area contributed by atoms with Crippen molar-refractivity contribution < 1.29 is 52.5 Å². The SMILES string of the molecule is CCOC(=O)C(NC(=O)[C@@H](NC(=O)OCc1ccccc1)C(C)C)C(=O)Cc1cccc(-c2cccc3c2c(CCNC(=O)OC(C)(C)C)cn3C(=O)OC(C)(C)C)c1OC. The number of nitrogens with zero attached hydrogens (tertiary/aromatic N) is 1. The Hall–Kier alpha value is -6.38. The van der Waals surface area contributed by atoms with E-state index in [9.17, 15) is 28.8 Å². The summed E-state index contributed by atoms with van der Waals surface area (Å²) in [6, 6.07) is 16.7. The molecule has 0 fully saturated rings. The maximum Gasteiger partial charge on any atom is 0.419 e.